The monoisotopic (exact) mass is 445 g/mol. The SMILES string of the molecule is COc1ccc(-c2noc3nc(C4CC4)cc(C(=O)N[C@H](C)Cc4cn(C)nc4C)c23)cc1. The van der Waals surface area contributed by atoms with Crippen molar-refractivity contribution in [3.05, 3.63) is 59.0 Å². The lowest BCUT2D eigenvalue weighted by Gasteiger charge is -2.15. The van der Waals surface area contributed by atoms with Crippen LogP contribution in [0.3, 0.4) is 0 Å². The molecule has 0 spiro atoms. The predicted molar refractivity (Wildman–Crippen MR) is 124 cm³/mol. The van der Waals surface area contributed by atoms with Crippen molar-refractivity contribution in [3.8, 4) is 17.0 Å². The minimum absolute atomic E-state index is 0.0720. The first-order valence-electron chi connectivity index (χ1n) is 11.2. The van der Waals surface area contributed by atoms with Gasteiger partial charge in [0.1, 0.15) is 11.4 Å². The fourth-order valence-corrected chi connectivity index (χ4v) is 4.21. The maximum Gasteiger partial charge on any atom is 0.259 e. The van der Waals surface area contributed by atoms with Crippen LogP contribution in [0.15, 0.2) is 41.1 Å². The van der Waals surface area contributed by atoms with Crippen LogP contribution in [0.4, 0.5) is 0 Å². The number of carbonyl (C=O) groups excluding carboxylic acids is 1. The number of rotatable bonds is 7. The van der Waals surface area contributed by atoms with Gasteiger partial charge in [0.15, 0.2) is 0 Å². The number of benzene rings is 1. The Morgan fingerprint density at radius 2 is 2.06 bits per heavy atom. The third kappa shape index (κ3) is 4.20. The third-order valence-electron chi connectivity index (χ3n) is 6.09. The standard InChI is InChI=1S/C25H27N5O3/c1-14(11-18-13-30(3)28-15(18)2)26-24(31)20-12-21(16-5-6-16)27-25-22(20)23(29-33-25)17-7-9-19(32-4)10-8-17/h7-10,12-14,16H,5-6,11H2,1-4H3,(H,26,31)/t14-/m1/s1. The van der Waals surface area contributed by atoms with E-state index in [0.29, 0.717) is 34.7 Å². The lowest BCUT2D eigenvalue weighted by molar-refractivity contribution is 0.0941. The van der Waals surface area contributed by atoms with E-state index in [1.807, 2.05) is 57.4 Å². The lowest BCUT2D eigenvalue weighted by Crippen LogP contribution is -2.34. The van der Waals surface area contributed by atoms with Crippen LogP contribution in [0.2, 0.25) is 0 Å². The highest BCUT2D eigenvalue weighted by Crippen LogP contribution is 2.41. The fourth-order valence-electron chi connectivity index (χ4n) is 4.21. The second-order valence-corrected chi connectivity index (χ2v) is 8.80. The summed E-state index contributed by atoms with van der Waals surface area (Å²) in [5, 5.41) is 12.5. The average Bonchev–Trinajstić information content (AvgIpc) is 3.49. The largest absolute Gasteiger partial charge is 0.497 e. The van der Waals surface area contributed by atoms with Crippen molar-refractivity contribution in [2.75, 3.05) is 7.11 Å². The first-order valence-corrected chi connectivity index (χ1v) is 11.2. The van der Waals surface area contributed by atoms with Gasteiger partial charge in [0.25, 0.3) is 11.6 Å². The van der Waals surface area contributed by atoms with Crippen LogP contribution in [0.5, 0.6) is 5.75 Å². The minimum atomic E-state index is -0.156. The van der Waals surface area contributed by atoms with Crippen LogP contribution in [0.25, 0.3) is 22.4 Å². The van der Waals surface area contributed by atoms with E-state index < -0.39 is 0 Å². The van der Waals surface area contributed by atoms with Crippen LogP contribution in [0, 0.1) is 6.92 Å². The van der Waals surface area contributed by atoms with Crippen molar-refractivity contribution in [1.82, 2.24) is 25.2 Å². The molecule has 0 unspecified atom stereocenters. The molecule has 1 atom stereocenters. The van der Waals surface area contributed by atoms with E-state index in [-0.39, 0.29) is 11.9 Å². The number of methoxy groups -OCH3 is 1. The van der Waals surface area contributed by atoms with Crippen LogP contribution >= 0.6 is 0 Å². The number of carbonyl (C=O) groups is 1. The molecule has 1 aliphatic rings. The molecular formula is C25H27N5O3. The first-order chi connectivity index (χ1) is 15.9. The molecule has 1 aromatic carbocycles. The average molecular weight is 446 g/mol. The summed E-state index contributed by atoms with van der Waals surface area (Å²) in [6.07, 6.45) is 4.85. The van der Waals surface area contributed by atoms with Gasteiger partial charge in [0.2, 0.25) is 0 Å². The Morgan fingerprint density at radius 1 is 1.30 bits per heavy atom. The van der Waals surface area contributed by atoms with Crippen LogP contribution in [-0.2, 0) is 13.5 Å². The van der Waals surface area contributed by atoms with E-state index in [1.54, 1.807) is 11.8 Å². The van der Waals surface area contributed by atoms with Crippen molar-refractivity contribution in [3.63, 3.8) is 0 Å². The van der Waals surface area contributed by atoms with Gasteiger partial charge in [-0.25, -0.2) is 4.98 Å². The Morgan fingerprint density at radius 3 is 2.70 bits per heavy atom. The number of nitrogens with zero attached hydrogens (tertiary/aromatic N) is 4. The van der Waals surface area contributed by atoms with E-state index >= 15 is 0 Å². The van der Waals surface area contributed by atoms with E-state index in [4.69, 9.17) is 9.26 Å². The molecule has 1 aliphatic carbocycles. The molecule has 3 aromatic heterocycles. The topological polar surface area (TPSA) is 95.1 Å². The van der Waals surface area contributed by atoms with Crippen LogP contribution in [-0.4, -0.2) is 39.0 Å². The molecular weight excluding hydrogens is 418 g/mol. The summed E-state index contributed by atoms with van der Waals surface area (Å²) in [6, 6.07) is 9.36. The molecule has 3 heterocycles. The Bertz CT molecular complexity index is 1320. The van der Waals surface area contributed by atoms with Crippen LogP contribution in [0.1, 0.15) is 53.0 Å². The summed E-state index contributed by atoms with van der Waals surface area (Å²) in [7, 11) is 3.53. The molecule has 0 radical (unpaired) electrons. The van der Waals surface area contributed by atoms with E-state index in [2.05, 4.69) is 20.6 Å². The predicted octanol–water partition coefficient (Wildman–Crippen LogP) is 4.18. The molecule has 1 saturated carbocycles. The molecule has 170 valence electrons. The number of ether oxygens (including phenoxy) is 1. The molecule has 0 bridgehead atoms. The molecule has 0 aliphatic heterocycles. The van der Waals surface area contributed by atoms with Crippen molar-refractivity contribution in [2.45, 2.75) is 45.1 Å². The van der Waals surface area contributed by atoms with Crippen LogP contribution < -0.4 is 10.1 Å². The van der Waals surface area contributed by atoms with E-state index in [0.717, 1.165) is 41.1 Å². The summed E-state index contributed by atoms with van der Waals surface area (Å²) in [4.78, 5) is 18.2. The highest BCUT2D eigenvalue weighted by molar-refractivity contribution is 6.09. The molecule has 8 nitrogen and oxygen atoms in total. The lowest BCUT2D eigenvalue weighted by atomic mass is 10.0. The Labute approximate surface area is 191 Å². The van der Waals surface area contributed by atoms with Gasteiger partial charge in [-0.3, -0.25) is 9.48 Å². The third-order valence-corrected chi connectivity index (χ3v) is 6.09. The number of hydrogen-bond donors (Lipinski definition) is 1. The van der Waals surface area contributed by atoms with Crippen molar-refractivity contribution in [2.24, 2.45) is 7.05 Å². The molecule has 0 saturated heterocycles. The molecule has 5 rings (SSSR count). The zero-order chi connectivity index (χ0) is 23.1. The van der Waals surface area contributed by atoms with Crippen molar-refractivity contribution < 1.29 is 14.1 Å². The number of hydrogen-bond acceptors (Lipinski definition) is 6. The number of aryl methyl sites for hydroxylation is 2. The van der Waals surface area contributed by atoms with Gasteiger partial charge in [-0.05, 0) is 69.0 Å². The second kappa shape index (κ2) is 8.35. The molecule has 1 amide bonds. The van der Waals surface area contributed by atoms with Gasteiger partial charge < -0.3 is 14.6 Å². The molecule has 33 heavy (non-hydrogen) atoms. The zero-order valence-corrected chi connectivity index (χ0v) is 19.3. The summed E-state index contributed by atoms with van der Waals surface area (Å²) in [6.45, 7) is 3.99. The Kier molecular flexibility index (Phi) is 5.36. The second-order valence-electron chi connectivity index (χ2n) is 8.80. The first kappa shape index (κ1) is 21.2. The zero-order valence-electron chi connectivity index (χ0n) is 19.3. The van der Waals surface area contributed by atoms with Gasteiger partial charge in [-0.15, -0.1) is 0 Å². The van der Waals surface area contributed by atoms with Gasteiger partial charge in [0.05, 0.1) is 23.8 Å². The number of fused-ring (bicyclic) bond motifs is 1. The number of aromatic nitrogens is 4. The molecule has 1 fully saturated rings. The summed E-state index contributed by atoms with van der Waals surface area (Å²) < 4.78 is 12.7. The van der Waals surface area contributed by atoms with Crippen molar-refractivity contribution >= 4 is 17.0 Å². The number of nitrogens with one attached hydrogen (secondary N) is 1. The van der Waals surface area contributed by atoms with Crippen molar-refractivity contribution in [1.29, 1.82) is 0 Å². The van der Waals surface area contributed by atoms with Gasteiger partial charge in [0, 0.05) is 36.5 Å². The smallest absolute Gasteiger partial charge is 0.259 e. The van der Waals surface area contributed by atoms with Gasteiger partial charge >= 0.3 is 0 Å². The Balaban J connectivity index is 1.50. The molecule has 8 heteroatoms. The fraction of sp³-hybridized carbons (Fsp3) is 0.360. The van der Waals surface area contributed by atoms with E-state index in [1.165, 1.54) is 0 Å². The number of pyridine rings is 1. The maximum atomic E-state index is 13.5. The summed E-state index contributed by atoms with van der Waals surface area (Å²) in [5.74, 6) is 0.973. The number of amides is 1. The summed E-state index contributed by atoms with van der Waals surface area (Å²) in [5.41, 5.74) is 5.36. The molecule has 4 aromatic rings. The molecule has 1 N–H and O–H groups in total. The normalized spacial score (nSPS) is 14.4. The maximum absolute atomic E-state index is 13.5. The van der Waals surface area contributed by atoms with Gasteiger partial charge in [-0.1, -0.05) is 5.16 Å². The van der Waals surface area contributed by atoms with Gasteiger partial charge in [-0.2, -0.15) is 5.10 Å². The highest BCUT2D eigenvalue weighted by atomic mass is 16.5. The summed E-state index contributed by atoms with van der Waals surface area (Å²) >= 11 is 0. The van der Waals surface area contributed by atoms with E-state index in [9.17, 15) is 4.79 Å². The minimum Gasteiger partial charge on any atom is -0.497 e. The Hall–Kier alpha value is -3.68. The highest BCUT2D eigenvalue weighted by Gasteiger charge is 2.29. The quantitative estimate of drug-likeness (QED) is 0.459.